The molecular formula is C20H25N3O. The third-order valence-electron chi connectivity index (χ3n) is 5.26. The zero-order valence-corrected chi connectivity index (χ0v) is 14.7. The van der Waals surface area contributed by atoms with Crippen molar-refractivity contribution in [2.45, 2.75) is 45.6 Å². The van der Waals surface area contributed by atoms with Gasteiger partial charge >= 0.3 is 0 Å². The Morgan fingerprint density at radius 2 is 2.04 bits per heavy atom. The number of aryl methyl sites for hydroxylation is 2. The molecule has 1 saturated heterocycles. The predicted molar refractivity (Wildman–Crippen MR) is 96.6 cm³/mol. The first-order chi connectivity index (χ1) is 11.5. The molecule has 0 bridgehead atoms. The largest absolute Gasteiger partial charge is 0.333 e. The lowest BCUT2D eigenvalue weighted by Gasteiger charge is -2.34. The van der Waals surface area contributed by atoms with Crippen molar-refractivity contribution in [3.8, 4) is 0 Å². The number of benzene rings is 1. The molecule has 1 N–H and O–H groups in total. The van der Waals surface area contributed by atoms with E-state index in [1.807, 2.05) is 4.90 Å². The van der Waals surface area contributed by atoms with Crippen LogP contribution in [-0.4, -0.2) is 41.5 Å². The molecule has 1 aliphatic carbocycles. The van der Waals surface area contributed by atoms with E-state index in [0.717, 1.165) is 47.4 Å². The highest BCUT2D eigenvalue weighted by atomic mass is 16.2. The van der Waals surface area contributed by atoms with Crippen molar-refractivity contribution in [3.05, 3.63) is 40.6 Å². The van der Waals surface area contributed by atoms with Crippen molar-refractivity contribution in [2.24, 2.45) is 0 Å². The van der Waals surface area contributed by atoms with Crippen LogP contribution < -0.4 is 5.32 Å². The zero-order valence-electron chi connectivity index (χ0n) is 14.7. The van der Waals surface area contributed by atoms with Crippen molar-refractivity contribution >= 4 is 16.8 Å². The minimum Gasteiger partial charge on any atom is -0.333 e. The Labute approximate surface area is 143 Å². The molecule has 1 saturated carbocycles. The van der Waals surface area contributed by atoms with Gasteiger partial charge in [-0.2, -0.15) is 0 Å². The number of amides is 1. The maximum atomic E-state index is 13.3. The number of carbonyl (C=O) groups is 1. The summed E-state index contributed by atoms with van der Waals surface area (Å²) in [5.41, 5.74) is 5.28. The number of hydrogen-bond donors (Lipinski definition) is 1. The van der Waals surface area contributed by atoms with Gasteiger partial charge in [0.15, 0.2) is 0 Å². The molecule has 2 fully saturated rings. The molecule has 1 aliphatic heterocycles. The Kier molecular flexibility index (Phi) is 3.80. The standard InChI is InChI=1S/C20H25N3O/c1-12-8-13(2)19-16(9-12)17(10-18(22-19)15-4-5-15)20(24)23-7-6-21-11-14(23)3/h8-10,14-15,21H,4-7,11H2,1-3H3/t14-/m0/s1. The van der Waals surface area contributed by atoms with Crippen molar-refractivity contribution < 1.29 is 4.79 Å². The summed E-state index contributed by atoms with van der Waals surface area (Å²) in [7, 11) is 0. The second kappa shape index (κ2) is 5.85. The topological polar surface area (TPSA) is 45.2 Å². The summed E-state index contributed by atoms with van der Waals surface area (Å²) in [6, 6.07) is 6.57. The lowest BCUT2D eigenvalue weighted by Crippen LogP contribution is -2.52. The number of nitrogens with zero attached hydrogens (tertiary/aromatic N) is 2. The van der Waals surface area contributed by atoms with Crippen molar-refractivity contribution in [1.82, 2.24) is 15.2 Å². The summed E-state index contributed by atoms with van der Waals surface area (Å²) in [6.45, 7) is 8.80. The van der Waals surface area contributed by atoms with Gasteiger partial charge in [-0.05, 0) is 51.3 Å². The molecule has 4 nitrogen and oxygen atoms in total. The average Bonchev–Trinajstić information content (AvgIpc) is 3.39. The molecule has 1 aromatic heterocycles. The summed E-state index contributed by atoms with van der Waals surface area (Å²) in [4.78, 5) is 20.2. The fourth-order valence-corrected chi connectivity index (χ4v) is 3.76. The van der Waals surface area contributed by atoms with Crippen LogP contribution in [0, 0.1) is 13.8 Å². The molecular weight excluding hydrogens is 298 g/mol. The van der Waals surface area contributed by atoms with Gasteiger partial charge in [0.2, 0.25) is 0 Å². The van der Waals surface area contributed by atoms with E-state index < -0.39 is 0 Å². The SMILES string of the molecule is Cc1cc(C)c2nc(C3CC3)cc(C(=O)N3CCNC[C@@H]3C)c2c1. The van der Waals surface area contributed by atoms with Crippen LogP contribution in [0.5, 0.6) is 0 Å². The van der Waals surface area contributed by atoms with Gasteiger partial charge in [-0.3, -0.25) is 9.78 Å². The monoisotopic (exact) mass is 323 g/mol. The summed E-state index contributed by atoms with van der Waals surface area (Å²) in [6.07, 6.45) is 2.39. The molecule has 4 rings (SSSR count). The predicted octanol–water partition coefficient (Wildman–Crippen LogP) is 3.16. The molecule has 4 heteroatoms. The Hall–Kier alpha value is -1.94. The average molecular weight is 323 g/mol. The van der Waals surface area contributed by atoms with Gasteiger partial charge in [0, 0.05) is 42.7 Å². The molecule has 1 amide bonds. The Balaban J connectivity index is 1.87. The summed E-state index contributed by atoms with van der Waals surface area (Å²) in [5.74, 6) is 0.699. The number of fused-ring (bicyclic) bond motifs is 1. The van der Waals surface area contributed by atoms with Crippen molar-refractivity contribution in [3.63, 3.8) is 0 Å². The number of nitrogens with one attached hydrogen (secondary N) is 1. The number of hydrogen-bond acceptors (Lipinski definition) is 3. The van der Waals surface area contributed by atoms with Crippen molar-refractivity contribution in [2.75, 3.05) is 19.6 Å². The second-order valence-corrected chi connectivity index (χ2v) is 7.40. The fourth-order valence-electron chi connectivity index (χ4n) is 3.76. The van der Waals surface area contributed by atoms with E-state index in [4.69, 9.17) is 4.98 Å². The molecule has 0 unspecified atom stereocenters. The maximum Gasteiger partial charge on any atom is 0.254 e. The van der Waals surface area contributed by atoms with E-state index in [9.17, 15) is 4.79 Å². The quantitative estimate of drug-likeness (QED) is 0.923. The van der Waals surface area contributed by atoms with Crippen LogP contribution in [0.4, 0.5) is 0 Å². The first-order valence-electron chi connectivity index (χ1n) is 8.98. The molecule has 1 aromatic carbocycles. The normalized spacial score (nSPS) is 21.3. The minimum atomic E-state index is 0.156. The van der Waals surface area contributed by atoms with Crippen LogP contribution in [0.25, 0.3) is 10.9 Å². The van der Waals surface area contributed by atoms with E-state index in [1.165, 1.54) is 18.4 Å². The second-order valence-electron chi connectivity index (χ2n) is 7.40. The van der Waals surface area contributed by atoms with Gasteiger partial charge in [0.1, 0.15) is 0 Å². The highest BCUT2D eigenvalue weighted by molar-refractivity contribution is 6.07. The van der Waals surface area contributed by atoms with E-state index >= 15 is 0 Å². The van der Waals surface area contributed by atoms with Crippen LogP contribution in [0.1, 0.15) is 52.9 Å². The Morgan fingerprint density at radius 1 is 1.25 bits per heavy atom. The Morgan fingerprint density at radius 3 is 2.75 bits per heavy atom. The van der Waals surface area contributed by atoms with Crippen LogP contribution in [0.2, 0.25) is 0 Å². The van der Waals surface area contributed by atoms with Gasteiger partial charge in [0.25, 0.3) is 5.91 Å². The molecule has 126 valence electrons. The highest BCUT2D eigenvalue weighted by Gasteiger charge is 2.30. The van der Waals surface area contributed by atoms with Gasteiger partial charge in [-0.15, -0.1) is 0 Å². The smallest absolute Gasteiger partial charge is 0.254 e. The van der Waals surface area contributed by atoms with E-state index in [0.29, 0.717) is 5.92 Å². The number of carbonyl (C=O) groups excluding carboxylic acids is 1. The molecule has 1 atom stereocenters. The van der Waals surface area contributed by atoms with Crippen LogP contribution in [-0.2, 0) is 0 Å². The molecule has 2 heterocycles. The lowest BCUT2D eigenvalue weighted by molar-refractivity contribution is 0.0657. The molecule has 0 radical (unpaired) electrons. The first-order valence-corrected chi connectivity index (χ1v) is 8.98. The van der Waals surface area contributed by atoms with Crippen molar-refractivity contribution in [1.29, 1.82) is 0 Å². The van der Waals surface area contributed by atoms with E-state index in [1.54, 1.807) is 0 Å². The van der Waals surface area contributed by atoms with Crippen LogP contribution in [0.15, 0.2) is 18.2 Å². The maximum absolute atomic E-state index is 13.3. The summed E-state index contributed by atoms with van der Waals surface area (Å²) in [5, 5.41) is 4.37. The Bertz CT molecular complexity index is 810. The van der Waals surface area contributed by atoms with Gasteiger partial charge in [0.05, 0.1) is 11.1 Å². The van der Waals surface area contributed by atoms with Gasteiger partial charge in [-0.1, -0.05) is 11.6 Å². The third-order valence-corrected chi connectivity index (χ3v) is 5.26. The van der Waals surface area contributed by atoms with E-state index in [-0.39, 0.29) is 11.9 Å². The number of rotatable bonds is 2. The lowest BCUT2D eigenvalue weighted by atomic mass is 9.99. The minimum absolute atomic E-state index is 0.156. The van der Waals surface area contributed by atoms with Gasteiger partial charge in [-0.25, -0.2) is 0 Å². The molecule has 2 aliphatic rings. The molecule has 24 heavy (non-hydrogen) atoms. The van der Waals surface area contributed by atoms with E-state index in [2.05, 4.69) is 44.3 Å². The van der Waals surface area contributed by atoms with Gasteiger partial charge < -0.3 is 10.2 Å². The number of pyridine rings is 1. The molecule has 0 spiro atoms. The third kappa shape index (κ3) is 2.69. The number of piperazine rings is 1. The summed E-state index contributed by atoms with van der Waals surface area (Å²) < 4.78 is 0. The number of aromatic nitrogens is 1. The first kappa shape index (κ1) is 15.6. The zero-order chi connectivity index (χ0) is 16.8. The highest BCUT2D eigenvalue weighted by Crippen LogP contribution is 2.40. The van der Waals surface area contributed by atoms with Crippen LogP contribution >= 0.6 is 0 Å². The fraction of sp³-hybridized carbons (Fsp3) is 0.500. The van der Waals surface area contributed by atoms with Crippen LogP contribution in [0.3, 0.4) is 0 Å². The summed E-state index contributed by atoms with van der Waals surface area (Å²) >= 11 is 0. The molecule has 2 aromatic rings.